The molecule has 0 fully saturated rings. The molecule has 0 aliphatic rings. The van der Waals surface area contributed by atoms with E-state index >= 15 is 0 Å². The van der Waals surface area contributed by atoms with Gasteiger partial charge in [0.25, 0.3) is 0 Å². The van der Waals surface area contributed by atoms with Crippen LogP contribution in [-0.4, -0.2) is 34.9 Å². The molecular formula is C31H19N7. The summed E-state index contributed by atoms with van der Waals surface area (Å²) in [5.41, 5.74) is 6.95. The van der Waals surface area contributed by atoms with E-state index in [2.05, 4.69) is 15.0 Å². The van der Waals surface area contributed by atoms with E-state index in [1.807, 2.05) is 97.1 Å². The van der Waals surface area contributed by atoms with Crippen molar-refractivity contribution < 1.29 is 0 Å². The molecule has 0 aliphatic carbocycles. The van der Waals surface area contributed by atoms with Gasteiger partial charge in [0.1, 0.15) is 0 Å². The van der Waals surface area contributed by atoms with Gasteiger partial charge in [0.2, 0.25) is 0 Å². The minimum atomic E-state index is 0.580. The van der Waals surface area contributed by atoms with Gasteiger partial charge in [-0.15, -0.1) is 0 Å². The molecule has 7 aromatic rings. The fourth-order valence-corrected chi connectivity index (χ4v) is 4.35. The first-order chi connectivity index (χ1) is 18.8. The number of hydrogen-bond acceptors (Lipinski definition) is 7. The van der Waals surface area contributed by atoms with Gasteiger partial charge in [-0.25, -0.2) is 29.9 Å². The Hall–Kier alpha value is -5.43. The van der Waals surface area contributed by atoms with Gasteiger partial charge >= 0.3 is 0 Å². The smallest absolute Gasteiger partial charge is 0.160 e. The Morgan fingerprint density at radius 1 is 0.368 bits per heavy atom. The highest BCUT2D eigenvalue weighted by atomic mass is 14.9. The average molecular weight is 490 g/mol. The summed E-state index contributed by atoms with van der Waals surface area (Å²) in [5, 5.41) is 1.94. The maximum atomic E-state index is 4.91. The second-order valence-corrected chi connectivity index (χ2v) is 8.75. The predicted octanol–water partition coefficient (Wildman–Crippen LogP) is 6.43. The van der Waals surface area contributed by atoms with Crippen LogP contribution in [0.3, 0.4) is 0 Å². The summed E-state index contributed by atoms with van der Waals surface area (Å²) in [7, 11) is 0. The van der Waals surface area contributed by atoms with Crippen molar-refractivity contribution in [2.75, 3.05) is 0 Å². The molecule has 0 saturated carbocycles. The van der Waals surface area contributed by atoms with E-state index in [1.165, 1.54) is 0 Å². The molecule has 7 rings (SSSR count). The summed E-state index contributed by atoms with van der Waals surface area (Å²) < 4.78 is 0. The van der Waals surface area contributed by atoms with Crippen LogP contribution in [0.25, 0.3) is 67.5 Å². The topological polar surface area (TPSA) is 90.2 Å². The molecule has 7 nitrogen and oxygen atoms in total. The second kappa shape index (κ2) is 9.22. The highest BCUT2D eigenvalue weighted by Crippen LogP contribution is 2.28. The molecule has 38 heavy (non-hydrogen) atoms. The van der Waals surface area contributed by atoms with Crippen LogP contribution >= 0.6 is 0 Å². The second-order valence-electron chi connectivity index (χ2n) is 8.75. The molecule has 0 spiro atoms. The van der Waals surface area contributed by atoms with Crippen molar-refractivity contribution in [3.63, 3.8) is 0 Å². The average Bonchev–Trinajstić information content (AvgIpc) is 3.01. The number of hydrogen-bond donors (Lipinski definition) is 0. The fourth-order valence-electron chi connectivity index (χ4n) is 4.35. The van der Waals surface area contributed by atoms with E-state index in [4.69, 9.17) is 19.9 Å². The predicted molar refractivity (Wildman–Crippen MR) is 148 cm³/mol. The summed E-state index contributed by atoms with van der Waals surface area (Å²) in [4.78, 5) is 32.7. The number of nitrogens with zero attached hydrogens (tertiary/aromatic N) is 7. The lowest BCUT2D eigenvalue weighted by atomic mass is 10.1. The SMILES string of the molecule is c1ccc(-c2ccc(-c3nc(-c4ccc5cccnc5n4)cc(-c4ccc5cccnc5n4)n3)cc2)nc1. The van der Waals surface area contributed by atoms with Gasteiger partial charge in [-0.05, 0) is 66.7 Å². The molecule has 0 atom stereocenters. The molecule has 1 aromatic carbocycles. The Balaban J connectivity index is 1.38. The van der Waals surface area contributed by atoms with E-state index in [0.29, 0.717) is 39.9 Å². The number of pyridine rings is 5. The molecule has 178 valence electrons. The minimum absolute atomic E-state index is 0.580. The quantitative estimate of drug-likeness (QED) is 0.281. The summed E-state index contributed by atoms with van der Waals surface area (Å²) >= 11 is 0. The third-order valence-electron chi connectivity index (χ3n) is 6.28. The largest absolute Gasteiger partial charge is 0.256 e. The van der Waals surface area contributed by atoms with Crippen molar-refractivity contribution >= 4 is 22.1 Å². The van der Waals surface area contributed by atoms with Gasteiger partial charge < -0.3 is 0 Å². The Kier molecular flexibility index (Phi) is 5.29. The van der Waals surface area contributed by atoms with Crippen molar-refractivity contribution in [2.45, 2.75) is 0 Å². The van der Waals surface area contributed by atoms with Crippen LogP contribution in [0.5, 0.6) is 0 Å². The summed E-state index contributed by atoms with van der Waals surface area (Å²) in [6.45, 7) is 0. The first-order valence-electron chi connectivity index (χ1n) is 12.2. The lowest BCUT2D eigenvalue weighted by Crippen LogP contribution is -1.99. The molecule has 0 saturated heterocycles. The van der Waals surface area contributed by atoms with Crippen LogP contribution < -0.4 is 0 Å². The number of fused-ring (bicyclic) bond motifs is 2. The zero-order valence-corrected chi connectivity index (χ0v) is 20.1. The van der Waals surface area contributed by atoms with Gasteiger partial charge in [0.05, 0.1) is 28.5 Å². The Morgan fingerprint density at radius 2 is 0.947 bits per heavy atom. The van der Waals surface area contributed by atoms with E-state index in [-0.39, 0.29) is 0 Å². The van der Waals surface area contributed by atoms with E-state index in [0.717, 1.165) is 27.6 Å². The van der Waals surface area contributed by atoms with Crippen LogP contribution in [0.1, 0.15) is 0 Å². The van der Waals surface area contributed by atoms with Crippen molar-refractivity contribution in [3.05, 3.63) is 116 Å². The molecule has 6 heterocycles. The number of benzene rings is 1. The normalized spacial score (nSPS) is 11.2. The third kappa shape index (κ3) is 4.12. The Bertz CT molecular complexity index is 1820. The van der Waals surface area contributed by atoms with Crippen LogP contribution in [0, 0.1) is 0 Å². The Morgan fingerprint density at radius 3 is 1.53 bits per heavy atom. The van der Waals surface area contributed by atoms with Crippen LogP contribution in [-0.2, 0) is 0 Å². The zero-order chi connectivity index (χ0) is 25.3. The number of rotatable bonds is 4. The molecule has 0 N–H and O–H groups in total. The van der Waals surface area contributed by atoms with E-state index < -0.39 is 0 Å². The fraction of sp³-hybridized carbons (Fsp3) is 0. The highest BCUT2D eigenvalue weighted by molar-refractivity contribution is 5.80. The van der Waals surface area contributed by atoms with Gasteiger partial charge in [-0.2, -0.15) is 0 Å². The van der Waals surface area contributed by atoms with Crippen molar-refractivity contribution in [1.82, 2.24) is 34.9 Å². The highest BCUT2D eigenvalue weighted by Gasteiger charge is 2.14. The molecule has 0 aliphatic heterocycles. The van der Waals surface area contributed by atoms with Gasteiger partial charge in [-0.1, -0.05) is 30.3 Å². The molecule has 6 aromatic heterocycles. The van der Waals surface area contributed by atoms with Crippen LogP contribution in [0.4, 0.5) is 0 Å². The van der Waals surface area contributed by atoms with E-state index in [1.54, 1.807) is 18.6 Å². The number of aromatic nitrogens is 7. The van der Waals surface area contributed by atoms with Crippen molar-refractivity contribution in [2.24, 2.45) is 0 Å². The minimum Gasteiger partial charge on any atom is -0.256 e. The summed E-state index contributed by atoms with van der Waals surface area (Å²) in [6.07, 6.45) is 5.27. The molecule has 0 amide bonds. The van der Waals surface area contributed by atoms with Gasteiger partial charge in [-0.3, -0.25) is 4.98 Å². The third-order valence-corrected chi connectivity index (χ3v) is 6.28. The van der Waals surface area contributed by atoms with Crippen LogP contribution in [0.2, 0.25) is 0 Å². The molecule has 0 bridgehead atoms. The maximum absolute atomic E-state index is 4.91. The zero-order valence-electron chi connectivity index (χ0n) is 20.1. The lowest BCUT2D eigenvalue weighted by Gasteiger charge is -2.10. The van der Waals surface area contributed by atoms with Crippen molar-refractivity contribution in [1.29, 1.82) is 0 Å². The van der Waals surface area contributed by atoms with Crippen LogP contribution in [0.15, 0.2) is 116 Å². The standard InChI is InChI=1S/C31H19N7/c1-2-16-32-24(7-1)20-8-10-23(11-9-20)31-37-27(25-14-12-21-5-3-17-33-29(21)35-25)19-28(38-31)26-15-13-22-6-4-18-34-30(22)36-26/h1-19H. The first-order valence-corrected chi connectivity index (χ1v) is 12.2. The summed E-state index contributed by atoms with van der Waals surface area (Å²) in [5.74, 6) is 0.580. The van der Waals surface area contributed by atoms with Gasteiger partial charge in [0, 0.05) is 40.5 Å². The maximum Gasteiger partial charge on any atom is 0.160 e. The molecule has 0 radical (unpaired) electrons. The summed E-state index contributed by atoms with van der Waals surface area (Å²) in [6, 6.07) is 31.6. The van der Waals surface area contributed by atoms with Crippen molar-refractivity contribution in [3.8, 4) is 45.4 Å². The van der Waals surface area contributed by atoms with Gasteiger partial charge in [0.15, 0.2) is 17.1 Å². The molecule has 0 unspecified atom stereocenters. The monoisotopic (exact) mass is 489 g/mol. The molecular weight excluding hydrogens is 470 g/mol. The first kappa shape index (κ1) is 21.8. The van der Waals surface area contributed by atoms with E-state index in [9.17, 15) is 0 Å². The Labute approximate surface area is 218 Å². The molecule has 7 heteroatoms. The lowest BCUT2D eigenvalue weighted by molar-refractivity contribution is 1.15.